The molecule has 0 aliphatic rings. The lowest BCUT2D eigenvalue weighted by Gasteiger charge is -2.07. The van der Waals surface area contributed by atoms with E-state index < -0.39 is 0 Å². The van der Waals surface area contributed by atoms with Crippen molar-refractivity contribution in [2.45, 2.75) is 52.4 Å². The largest absolute Gasteiger partial charge is 0.439 e. The molecule has 0 N–H and O–H groups in total. The van der Waals surface area contributed by atoms with Crippen molar-refractivity contribution in [3.05, 3.63) is 47.9 Å². The van der Waals surface area contributed by atoms with Crippen molar-refractivity contribution < 1.29 is 4.74 Å². The molecular formula is C18H24N2O. The molecule has 0 fully saturated rings. The number of rotatable bonds is 8. The SMILES string of the molecule is CCCCCCCc1nc(C)cc(Oc2ccccc2)n1. The zero-order valence-electron chi connectivity index (χ0n) is 13.0. The average Bonchev–Trinajstić information content (AvgIpc) is 2.47. The van der Waals surface area contributed by atoms with Gasteiger partial charge in [-0.05, 0) is 25.5 Å². The molecule has 0 unspecified atom stereocenters. The van der Waals surface area contributed by atoms with Gasteiger partial charge < -0.3 is 4.74 Å². The molecule has 0 aliphatic carbocycles. The van der Waals surface area contributed by atoms with Crippen LogP contribution in [0.3, 0.4) is 0 Å². The van der Waals surface area contributed by atoms with Crippen molar-refractivity contribution >= 4 is 0 Å². The second-order valence-electron chi connectivity index (χ2n) is 5.34. The summed E-state index contributed by atoms with van der Waals surface area (Å²) >= 11 is 0. The highest BCUT2D eigenvalue weighted by molar-refractivity contribution is 5.27. The number of aryl methyl sites for hydroxylation is 2. The van der Waals surface area contributed by atoms with Gasteiger partial charge in [-0.3, -0.25) is 0 Å². The summed E-state index contributed by atoms with van der Waals surface area (Å²) in [5.41, 5.74) is 0.958. The van der Waals surface area contributed by atoms with Gasteiger partial charge in [0.1, 0.15) is 11.6 Å². The minimum Gasteiger partial charge on any atom is -0.439 e. The zero-order chi connectivity index (χ0) is 14.9. The minimum absolute atomic E-state index is 0.636. The number of aromatic nitrogens is 2. The van der Waals surface area contributed by atoms with Crippen LogP contribution >= 0.6 is 0 Å². The standard InChI is InChI=1S/C18H24N2O/c1-3-4-5-6-10-13-17-19-15(2)14-18(20-17)21-16-11-8-7-9-12-16/h7-9,11-12,14H,3-6,10,13H2,1-2H3. The Morgan fingerprint density at radius 1 is 0.952 bits per heavy atom. The molecular weight excluding hydrogens is 260 g/mol. The third kappa shape index (κ3) is 5.54. The van der Waals surface area contributed by atoms with E-state index in [1.165, 1.54) is 25.7 Å². The molecule has 0 aliphatic heterocycles. The molecule has 1 aromatic carbocycles. The van der Waals surface area contributed by atoms with Crippen molar-refractivity contribution in [1.29, 1.82) is 0 Å². The summed E-state index contributed by atoms with van der Waals surface area (Å²) in [5, 5.41) is 0. The van der Waals surface area contributed by atoms with Crippen molar-refractivity contribution in [3.63, 3.8) is 0 Å². The predicted molar refractivity (Wildman–Crippen MR) is 85.7 cm³/mol. The molecule has 2 rings (SSSR count). The maximum Gasteiger partial charge on any atom is 0.222 e. The maximum atomic E-state index is 5.79. The quantitative estimate of drug-likeness (QED) is 0.633. The van der Waals surface area contributed by atoms with E-state index in [4.69, 9.17) is 4.74 Å². The van der Waals surface area contributed by atoms with E-state index >= 15 is 0 Å². The van der Waals surface area contributed by atoms with Gasteiger partial charge in [-0.2, -0.15) is 4.98 Å². The first-order chi connectivity index (χ1) is 10.3. The Labute approximate surface area is 127 Å². The molecule has 112 valence electrons. The number of benzene rings is 1. The zero-order valence-corrected chi connectivity index (χ0v) is 13.0. The van der Waals surface area contributed by atoms with E-state index in [9.17, 15) is 0 Å². The van der Waals surface area contributed by atoms with Crippen LogP contribution in [0.2, 0.25) is 0 Å². The highest BCUT2D eigenvalue weighted by Crippen LogP contribution is 2.20. The highest BCUT2D eigenvalue weighted by atomic mass is 16.5. The summed E-state index contributed by atoms with van der Waals surface area (Å²) in [5.74, 6) is 2.33. The third-order valence-corrected chi connectivity index (χ3v) is 3.35. The molecule has 0 atom stereocenters. The molecule has 0 saturated carbocycles. The fourth-order valence-corrected chi connectivity index (χ4v) is 2.26. The normalized spacial score (nSPS) is 10.6. The van der Waals surface area contributed by atoms with Crippen LogP contribution in [0.5, 0.6) is 11.6 Å². The van der Waals surface area contributed by atoms with Gasteiger partial charge in [0.2, 0.25) is 5.88 Å². The first-order valence-electron chi connectivity index (χ1n) is 7.85. The summed E-state index contributed by atoms with van der Waals surface area (Å²) in [6.07, 6.45) is 7.22. The Morgan fingerprint density at radius 3 is 2.48 bits per heavy atom. The van der Waals surface area contributed by atoms with E-state index in [0.29, 0.717) is 5.88 Å². The first-order valence-corrected chi connectivity index (χ1v) is 7.85. The van der Waals surface area contributed by atoms with E-state index in [0.717, 1.165) is 30.1 Å². The van der Waals surface area contributed by atoms with Crippen molar-refractivity contribution in [2.75, 3.05) is 0 Å². The molecule has 1 aromatic heterocycles. The van der Waals surface area contributed by atoms with Gasteiger partial charge >= 0.3 is 0 Å². The van der Waals surface area contributed by atoms with Crippen LogP contribution in [-0.4, -0.2) is 9.97 Å². The van der Waals surface area contributed by atoms with Crippen molar-refractivity contribution in [3.8, 4) is 11.6 Å². The van der Waals surface area contributed by atoms with Crippen LogP contribution in [0.4, 0.5) is 0 Å². The summed E-state index contributed by atoms with van der Waals surface area (Å²) in [4.78, 5) is 9.02. The summed E-state index contributed by atoms with van der Waals surface area (Å²) < 4.78 is 5.79. The Balaban J connectivity index is 1.94. The molecule has 0 saturated heterocycles. The number of para-hydroxylation sites is 1. The molecule has 21 heavy (non-hydrogen) atoms. The molecule has 0 bridgehead atoms. The Bertz CT molecular complexity index is 540. The van der Waals surface area contributed by atoms with Gasteiger partial charge in [-0.15, -0.1) is 0 Å². The second-order valence-corrected chi connectivity index (χ2v) is 5.34. The molecule has 3 nitrogen and oxygen atoms in total. The Kier molecular flexibility index (Phi) is 6.20. The van der Waals surface area contributed by atoms with Gasteiger partial charge in [-0.25, -0.2) is 4.98 Å². The molecule has 3 heteroatoms. The van der Waals surface area contributed by atoms with Crippen LogP contribution in [0.15, 0.2) is 36.4 Å². The van der Waals surface area contributed by atoms with Gasteiger partial charge in [0.25, 0.3) is 0 Å². The summed E-state index contributed by atoms with van der Waals surface area (Å²) in [7, 11) is 0. The predicted octanol–water partition coefficient (Wildman–Crippen LogP) is 5.09. The average molecular weight is 284 g/mol. The van der Waals surface area contributed by atoms with E-state index in [1.54, 1.807) is 0 Å². The fraction of sp³-hybridized carbons (Fsp3) is 0.444. The van der Waals surface area contributed by atoms with Crippen molar-refractivity contribution in [1.82, 2.24) is 9.97 Å². The second kappa shape index (κ2) is 8.40. The maximum absolute atomic E-state index is 5.79. The van der Waals surface area contributed by atoms with Crippen LogP contribution < -0.4 is 4.74 Å². The lowest BCUT2D eigenvalue weighted by atomic mass is 10.1. The number of unbranched alkanes of at least 4 members (excludes halogenated alkanes) is 4. The summed E-state index contributed by atoms with van der Waals surface area (Å²) in [6.45, 7) is 4.22. The van der Waals surface area contributed by atoms with Crippen LogP contribution in [-0.2, 0) is 6.42 Å². The van der Waals surface area contributed by atoms with E-state index in [1.807, 2.05) is 43.3 Å². The van der Waals surface area contributed by atoms with Crippen LogP contribution in [0.1, 0.15) is 50.5 Å². The van der Waals surface area contributed by atoms with Crippen LogP contribution in [0, 0.1) is 6.92 Å². The molecule has 0 radical (unpaired) electrons. The fourth-order valence-electron chi connectivity index (χ4n) is 2.26. The smallest absolute Gasteiger partial charge is 0.222 e. The van der Waals surface area contributed by atoms with Gasteiger partial charge in [0.05, 0.1) is 0 Å². The molecule has 0 spiro atoms. The third-order valence-electron chi connectivity index (χ3n) is 3.35. The molecule has 1 heterocycles. The lowest BCUT2D eigenvalue weighted by Crippen LogP contribution is -2.00. The lowest BCUT2D eigenvalue weighted by molar-refractivity contribution is 0.456. The van der Waals surface area contributed by atoms with Gasteiger partial charge in [0, 0.05) is 18.2 Å². The summed E-state index contributed by atoms with van der Waals surface area (Å²) in [6, 6.07) is 11.6. The first kappa shape index (κ1) is 15.5. The van der Waals surface area contributed by atoms with Gasteiger partial charge in [-0.1, -0.05) is 50.8 Å². The van der Waals surface area contributed by atoms with E-state index in [2.05, 4.69) is 16.9 Å². The number of nitrogens with zero attached hydrogens (tertiary/aromatic N) is 2. The Hall–Kier alpha value is -1.90. The monoisotopic (exact) mass is 284 g/mol. The molecule has 2 aromatic rings. The van der Waals surface area contributed by atoms with E-state index in [-0.39, 0.29) is 0 Å². The topological polar surface area (TPSA) is 35.0 Å². The molecule has 0 amide bonds. The van der Waals surface area contributed by atoms with Crippen molar-refractivity contribution in [2.24, 2.45) is 0 Å². The number of ether oxygens (including phenoxy) is 1. The highest BCUT2D eigenvalue weighted by Gasteiger charge is 2.04. The minimum atomic E-state index is 0.636. The number of hydrogen-bond acceptors (Lipinski definition) is 3. The Morgan fingerprint density at radius 2 is 1.71 bits per heavy atom. The van der Waals surface area contributed by atoms with Gasteiger partial charge in [0.15, 0.2) is 0 Å². The number of hydrogen-bond donors (Lipinski definition) is 0. The van der Waals surface area contributed by atoms with Crippen LogP contribution in [0.25, 0.3) is 0 Å².